The van der Waals surface area contributed by atoms with Crippen molar-refractivity contribution in [2.45, 2.75) is 31.7 Å². The number of carboxylic acids is 1. The van der Waals surface area contributed by atoms with Gasteiger partial charge in [0, 0.05) is 31.0 Å². The van der Waals surface area contributed by atoms with E-state index in [0.717, 1.165) is 25.1 Å². The second kappa shape index (κ2) is 11.6. The van der Waals surface area contributed by atoms with Crippen LogP contribution >= 0.6 is 11.6 Å². The van der Waals surface area contributed by atoms with Crippen LogP contribution in [-0.4, -0.2) is 53.7 Å². The van der Waals surface area contributed by atoms with Crippen LogP contribution in [0, 0.1) is 0 Å². The van der Waals surface area contributed by atoms with E-state index in [4.69, 9.17) is 20.8 Å². The molecule has 0 fully saturated rings. The minimum Gasteiger partial charge on any atom is -0.494 e. The maximum atomic E-state index is 12.0. The van der Waals surface area contributed by atoms with Crippen molar-refractivity contribution in [3.05, 3.63) is 53.1 Å². The Balaban J connectivity index is 1.24. The third kappa shape index (κ3) is 7.10. The Labute approximate surface area is 206 Å². The van der Waals surface area contributed by atoms with E-state index in [2.05, 4.69) is 25.9 Å². The number of ether oxygens (including phenoxy) is 1. The molecule has 1 aliphatic rings. The van der Waals surface area contributed by atoms with Crippen LogP contribution in [0.1, 0.15) is 24.8 Å². The fourth-order valence-corrected chi connectivity index (χ4v) is 3.67. The average molecular weight is 500 g/mol. The monoisotopic (exact) mass is 499 g/mol. The first-order valence-electron chi connectivity index (χ1n) is 11.3. The molecule has 1 aliphatic heterocycles. The van der Waals surface area contributed by atoms with Crippen LogP contribution in [0.4, 0.5) is 6.01 Å². The van der Waals surface area contributed by atoms with Gasteiger partial charge in [0.15, 0.2) is 11.5 Å². The van der Waals surface area contributed by atoms with Crippen LogP contribution < -0.4 is 20.7 Å². The van der Waals surface area contributed by atoms with Crippen molar-refractivity contribution in [1.82, 2.24) is 15.6 Å². The molecule has 2 heterocycles. The maximum Gasteiger partial charge on any atom is 0.326 e. The van der Waals surface area contributed by atoms with Gasteiger partial charge in [-0.3, -0.25) is 15.1 Å². The quantitative estimate of drug-likeness (QED) is 0.312. The third-order valence-electron chi connectivity index (χ3n) is 5.28. The minimum absolute atomic E-state index is 0.105. The molecule has 0 aliphatic carbocycles. The number of carboxylic acid groups (broad SMARTS) is 1. The molecule has 4 N–H and O–H groups in total. The maximum absolute atomic E-state index is 12.0. The SMILES string of the molecule is O=C(CCCOc1ccc(C[C@H](Nc2nc3cc(Cl)ccc3o2)C(=O)O)cc1)NC1=NCCCN1. The van der Waals surface area contributed by atoms with Gasteiger partial charge in [-0.05, 0) is 48.7 Å². The van der Waals surface area contributed by atoms with Gasteiger partial charge in [-0.25, -0.2) is 4.79 Å². The average Bonchev–Trinajstić information content (AvgIpc) is 3.24. The van der Waals surface area contributed by atoms with E-state index < -0.39 is 12.0 Å². The highest BCUT2D eigenvalue weighted by atomic mass is 35.5. The Morgan fingerprint density at radius 1 is 1.23 bits per heavy atom. The molecule has 0 saturated carbocycles. The van der Waals surface area contributed by atoms with Crippen molar-refractivity contribution in [1.29, 1.82) is 0 Å². The van der Waals surface area contributed by atoms with E-state index >= 15 is 0 Å². The molecule has 0 spiro atoms. The number of fused-ring (bicyclic) bond motifs is 1. The zero-order valence-corrected chi connectivity index (χ0v) is 19.7. The topological polar surface area (TPSA) is 138 Å². The number of carbonyl (C=O) groups excluding carboxylic acids is 1. The number of aliphatic imine (C=N–C) groups is 1. The second-order valence-electron chi connectivity index (χ2n) is 8.03. The minimum atomic E-state index is -1.03. The molecule has 10 nitrogen and oxygen atoms in total. The van der Waals surface area contributed by atoms with Crippen LogP contribution in [0.5, 0.6) is 5.75 Å². The lowest BCUT2D eigenvalue weighted by molar-refractivity contribution is -0.138. The number of halogens is 1. The standard InChI is InChI=1S/C24H26ClN5O5/c25-16-6-9-20-18(14-16)28-24(35-20)29-19(22(32)33)13-15-4-7-17(8-5-15)34-12-1-3-21(31)30-23-26-10-2-11-27-23/h4-9,14,19H,1-3,10-13H2,(H,28,29)(H,32,33)(H2,26,27,30,31)/t19-/m0/s1. The molecule has 0 radical (unpaired) electrons. The third-order valence-corrected chi connectivity index (χ3v) is 5.52. The largest absolute Gasteiger partial charge is 0.494 e. The Morgan fingerprint density at radius 3 is 2.80 bits per heavy atom. The van der Waals surface area contributed by atoms with Gasteiger partial charge < -0.3 is 24.9 Å². The molecule has 35 heavy (non-hydrogen) atoms. The van der Waals surface area contributed by atoms with Gasteiger partial charge >= 0.3 is 5.97 Å². The molecule has 0 unspecified atom stereocenters. The highest BCUT2D eigenvalue weighted by Gasteiger charge is 2.20. The lowest BCUT2D eigenvalue weighted by Crippen LogP contribution is -2.43. The van der Waals surface area contributed by atoms with Crippen molar-refractivity contribution in [2.24, 2.45) is 4.99 Å². The van der Waals surface area contributed by atoms with E-state index in [0.29, 0.717) is 47.3 Å². The first-order valence-corrected chi connectivity index (χ1v) is 11.7. The van der Waals surface area contributed by atoms with Gasteiger partial charge in [-0.2, -0.15) is 4.98 Å². The summed E-state index contributed by atoms with van der Waals surface area (Å²) in [5, 5.41) is 18.8. The number of oxazole rings is 1. The van der Waals surface area contributed by atoms with Crippen molar-refractivity contribution >= 4 is 46.6 Å². The molecule has 1 amide bonds. The molecular formula is C24H26ClN5O5. The number of hydrogen-bond donors (Lipinski definition) is 4. The summed E-state index contributed by atoms with van der Waals surface area (Å²) in [5.41, 5.74) is 1.86. The van der Waals surface area contributed by atoms with E-state index in [9.17, 15) is 14.7 Å². The van der Waals surface area contributed by atoms with Gasteiger partial charge in [0.25, 0.3) is 6.01 Å². The molecule has 3 aromatic rings. The molecule has 0 bridgehead atoms. The van der Waals surface area contributed by atoms with Gasteiger partial charge in [0.1, 0.15) is 17.3 Å². The molecule has 2 aromatic carbocycles. The van der Waals surface area contributed by atoms with Crippen LogP contribution in [0.3, 0.4) is 0 Å². The van der Waals surface area contributed by atoms with Gasteiger partial charge in [0.05, 0.1) is 6.61 Å². The number of rotatable bonds is 10. The zero-order valence-electron chi connectivity index (χ0n) is 18.9. The van der Waals surface area contributed by atoms with Crippen LogP contribution in [0.15, 0.2) is 51.9 Å². The normalized spacial score (nSPS) is 14.0. The fourth-order valence-electron chi connectivity index (χ4n) is 3.50. The Morgan fingerprint density at radius 2 is 2.06 bits per heavy atom. The lowest BCUT2D eigenvalue weighted by atomic mass is 10.1. The smallest absolute Gasteiger partial charge is 0.326 e. The number of nitrogens with zero attached hydrogens (tertiary/aromatic N) is 2. The highest BCUT2D eigenvalue weighted by molar-refractivity contribution is 6.31. The van der Waals surface area contributed by atoms with E-state index in [1.807, 2.05) is 0 Å². The van der Waals surface area contributed by atoms with E-state index in [-0.39, 0.29) is 18.3 Å². The van der Waals surface area contributed by atoms with Crippen LogP contribution in [0.2, 0.25) is 5.02 Å². The first-order chi connectivity index (χ1) is 17.0. The van der Waals surface area contributed by atoms with Crippen LogP contribution in [0.25, 0.3) is 11.1 Å². The van der Waals surface area contributed by atoms with Gasteiger partial charge in [-0.1, -0.05) is 23.7 Å². The number of aromatic nitrogens is 1. The summed E-state index contributed by atoms with van der Waals surface area (Å²) in [6.45, 7) is 1.92. The summed E-state index contributed by atoms with van der Waals surface area (Å²) in [6, 6.07) is 11.3. The van der Waals surface area contributed by atoms with Crippen molar-refractivity contribution in [3.8, 4) is 5.75 Å². The number of amides is 1. The summed E-state index contributed by atoms with van der Waals surface area (Å²) in [6.07, 6.45) is 2.06. The number of nitrogens with one attached hydrogen (secondary N) is 3. The Kier molecular flexibility index (Phi) is 8.04. The number of anilines is 1. The summed E-state index contributed by atoms with van der Waals surface area (Å²) < 4.78 is 11.3. The Hall–Kier alpha value is -3.79. The summed E-state index contributed by atoms with van der Waals surface area (Å²) in [5.74, 6) is 0.0418. The van der Waals surface area contributed by atoms with Gasteiger partial charge in [0.2, 0.25) is 5.91 Å². The summed E-state index contributed by atoms with van der Waals surface area (Å²) in [7, 11) is 0. The Bertz CT molecular complexity index is 1210. The van der Waals surface area contributed by atoms with Crippen LogP contribution in [-0.2, 0) is 16.0 Å². The number of guanidine groups is 1. The van der Waals surface area contributed by atoms with E-state index in [1.165, 1.54) is 0 Å². The summed E-state index contributed by atoms with van der Waals surface area (Å²) >= 11 is 5.96. The predicted molar refractivity (Wildman–Crippen MR) is 132 cm³/mol. The van der Waals surface area contributed by atoms with Crippen molar-refractivity contribution in [3.63, 3.8) is 0 Å². The fraction of sp³-hybridized carbons (Fsp3) is 0.333. The number of hydrogen-bond acceptors (Lipinski definition) is 8. The second-order valence-corrected chi connectivity index (χ2v) is 8.46. The lowest BCUT2D eigenvalue weighted by Gasteiger charge is -2.15. The number of carbonyl (C=O) groups is 2. The number of benzene rings is 2. The van der Waals surface area contributed by atoms with Gasteiger partial charge in [-0.15, -0.1) is 0 Å². The molecule has 184 valence electrons. The molecule has 1 aromatic heterocycles. The van der Waals surface area contributed by atoms with Crippen molar-refractivity contribution in [2.75, 3.05) is 25.0 Å². The molecule has 4 rings (SSSR count). The first kappa shape index (κ1) is 24.3. The highest BCUT2D eigenvalue weighted by Crippen LogP contribution is 2.23. The molecule has 11 heteroatoms. The molecule has 1 atom stereocenters. The molecule has 0 saturated heterocycles. The number of aliphatic carboxylic acids is 1. The predicted octanol–water partition coefficient (Wildman–Crippen LogP) is 3.21. The van der Waals surface area contributed by atoms with Crippen molar-refractivity contribution < 1.29 is 23.8 Å². The molecular weight excluding hydrogens is 474 g/mol. The van der Waals surface area contributed by atoms with E-state index in [1.54, 1.807) is 42.5 Å². The summed E-state index contributed by atoms with van der Waals surface area (Å²) in [4.78, 5) is 32.2. The zero-order chi connectivity index (χ0) is 24.6.